The first kappa shape index (κ1) is 15.9. The molecule has 0 unspecified atom stereocenters. The Morgan fingerprint density at radius 1 is 1.20 bits per heavy atom. The molecular formula is C13H14F3N3O. The van der Waals surface area contributed by atoms with Gasteiger partial charge in [0, 0.05) is 13.1 Å². The molecule has 1 aromatic rings. The summed E-state index contributed by atoms with van der Waals surface area (Å²) in [6, 6.07) is 3.91. The fourth-order valence-electron chi connectivity index (χ4n) is 1.70. The highest BCUT2D eigenvalue weighted by Crippen LogP contribution is 2.29. The zero-order valence-electron chi connectivity index (χ0n) is 11.1. The molecule has 0 fully saturated rings. The predicted molar refractivity (Wildman–Crippen MR) is 67.1 cm³/mol. The number of carbonyl (C=O) groups excluding carboxylic acids is 1. The molecular weight excluding hydrogens is 271 g/mol. The lowest BCUT2D eigenvalue weighted by Gasteiger charge is -2.15. The van der Waals surface area contributed by atoms with Crippen LogP contribution in [0.1, 0.15) is 25.0 Å². The number of amides is 1. The van der Waals surface area contributed by atoms with Crippen LogP contribution in [0.5, 0.6) is 0 Å². The Labute approximate surface area is 114 Å². The van der Waals surface area contributed by atoms with E-state index < -0.39 is 17.6 Å². The SMILES string of the molecule is CCN(CC)C(=O)C(=[N+]=[N-])c1ccc(C(F)(F)F)cc1. The van der Waals surface area contributed by atoms with E-state index in [9.17, 15) is 18.0 Å². The van der Waals surface area contributed by atoms with Crippen LogP contribution in [0.15, 0.2) is 24.3 Å². The number of carbonyl (C=O) groups is 1. The van der Waals surface area contributed by atoms with Gasteiger partial charge in [-0.05, 0) is 38.1 Å². The summed E-state index contributed by atoms with van der Waals surface area (Å²) in [4.78, 5) is 16.4. The standard InChI is InChI=1S/C13H14F3N3O/c1-3-19(4-2)12(20)11(18-17)9-5-7-10(8-6-9)13(14,15)16/h5-8H,3-4H2,1-2H3. The molecule has 0 aliphatic rings. The van der Waals surface area contributed by atoms with Crippen molar-refractivity contribution in [3.63, 3.8) is 0 Å². The van der Waals surface area contributed by atoms with Crippen molar-refractivity contribution in [1.29, 1.82) is 0 Å². The second-order valence-corrected chi connectivity index (χ2v) is 4.00. The molecule has 0 saturated carbocycles. The number of rotatable bonds is 4. The van der Waals surface area contributed by atoms with Crippen LogP contribution < -0.4 is 0 Å². The highest BCUT2D eigenvalue weighted by atomic mass is 19.4. The zero-order valence-corrected chi connectivity index (χ0v) is 11.1. The molecule has 1 amide bonds. The van der Waals surface area contributed by atoms with Crippen molar-refractivity contribution in [3.8, 4) is 0 Å². The number of hydrogen-bond donors (Lipinski definition) is 0. The molecule has 0 bridgehead atoms. The van der Waals surface area contributed by atoms with Crippen molar-refractivity contribution in [2.75, 3.05) is 13.1 Å². The molecule has 0 aliphatic carbocycles. The largest absolute Gasteiger partial charge is 0.416 e. The van der Waals surface area contributed by atoms with E-state index in [1.165, 1.54) is 4.90 Å². The van der Waals surface area contributed by atoms with Gasteiger partial charge >= 0.3 is 17.8 Å². The molecule has 0 aliphatic heterocycles. The van der Waals surface area contributed by atoms with Crippen LogP contribution in [0, 0.1) is 0 Å². The van der Waals surface area contributed by atoms with Crippen LogP contribution >= 0.6 is 0 Å². The molecule has 1 aromatic carbocycles. The van der Waals surface area contributed by atoms with E-state index in [1.807, 2.05) is 0 Å². The van der Waals surface area contributed by atoms with Crippen LogP contribution in [-0.2, 0) is 11.0 Å². The molecule has 0 aromatic heterocycles. The van der Waals surface area contributed by atoms with E-state index in [2.05, 4.69) is 4.79 Å². The van der Waals surface area contributed by atoms with Crippen LogP contribution in [0.2, 0.25) is 0 Å². The summed E-state index contributed by atoms with van der Waals surface area (Å²) in [5.74, 6) is -0.530. The second-order valence-electron chi connectivity index (χ2n) is 4.00. The molecule has 0 heterocycles. The minimum atomic E-state index is -4.45. The zero-order chi connectivity index (χ0) is 15.3. The van der Waals surface area contributed by atoms with Crippen molar-refractivity contribution in [3.05, 3.63) is 40.9 Å². The fraction of sp³-hybridized carbons (Fsp3) is 0.385. The van der Waals surface area contributed by atoms with Gasteiger partial charge in [-0.1, -0.05) is 0 Å². The lowest BCUT2D eigenvalue weighted by Crippen LogP contribution is -2.37. The maximum atomic E-state index is 12.4. The Bertz CT molecular complexity index is 527. The molecule has 0 saturated heterocycles. The third-order valence-corrected chi connectivity index (χ3v) is 2.84. The van der Waals surface area contributed by atoms with E-state index >= 15 is 0 Å². The maximum Gasteiger partial charge on any atom is 0.416 e. The molecule has 0 radical (unpaired) electrons. The Kier molecular flexibility index (Phi) is 5.05. The van der Waals surface area contributed by atoms with Crippen molar-refractivity contribution in [1.82, 2.24) is 4.90 Å². The lowest BCUT2D eigenvalue weighted by molar-refractivity contribution is -0.137. The Balaban J connectivity index is 3.09. The first-order chi connectivity index (χ1) is 9.35. The van der Waals surface area contributed by atoms with Crippen molar-refractivity contribution in [2.24, 2.45) is 0 Å². The van der Waals surface area contributed by atoms with Gasteiger partial charge in [-0.15, -0.1) is 0 Å². The quantitative estimate of drug-likeness (QED) is 0.476. The minimum absolute atomic E-state index is 0.136. The van der Waals surface area contributed by atoms with Gasteiger partial charge in [-0.25, -0.2) is 0 Å². The van der Waals surface area contributed by atoms with Gasteiger partial charge < -0.3 is 10.4 Å². The maximum absolute atomic E-state index is 12.4. The highest BCUT2D eigenvalue weighted by molar-refractivity contribution is 6.42. The van der Waals surface area contributed by atoms with Crippen molar-refractivity contribution < 1.29 is 22.8 Å². The topological polar surface area (TPSA) is 56.7 Å². The van der Waals surface area contributed by atoms with Gasteiger partial charge in [-0.3, -0.25) is 4.79 Å². The van der Waals surface area contributed by atoms with Crippen LogP contribution in [0.25, 0.3) is 5.53 Å². The van der Waals surface area contributed by atoms with Gasteiger partial charge in [0.15, 0.2) is 0 Å². The Morgan fingerprint density at radius 2 is 1.70 bits per heavy atom. The van der Waals surface area contributed by atoms with E-state index in [0.717, 1.165) is 24.3 Å². The third-order valence-electron chi connectivity index (χ3n) is 2.84. The Hall–Kier alpha value is -2.14. The van der Waals surface area contributed by atoms with E-state index in [4.69, 9.17) is 5.53 Å². The number of alkyl halides is 3. The molecule has 7 heteroatoms. The van der Waals surface area contributed by atoms with Crippen LogP contribution in [0.4, 0.5) is 13.2 Å². The molecule has 1 rings (SSSR count). The van der Waals surface area contributed by atoms with Crippen molar-refractivity contribution >= 4 is 11.6 Å². The van der Waals surface area contributed by atoms with E-state index in [1.54, 1.807) is 13.8 Å². The molecule has 108 valence electrons. The summed E-state index contributed by atoms with van der Waals surface area (Å²) in [5, 5.41) is 0. The molecule has 20 heavy (non-hydrogen) atoms. The number of halogens is 3. The van der Waals surface area contributed by atoms with Gasteiger partial charge in [0.25, 0.3) is 0 Å². The average molecular weight is 285 g/mol. The summed E-state index contributed by atoms with van der Waals surface area (Å²) < 4.78 is 37.3. The summed E-state index contributed by atoms with van der Waals surface area (Å²) in [7, 11) is 0. The molecule has 0 spiro atoms. The van der Waals surface area contributed by atoms with Gasteiger partial charge in [0.2, 0.25) is 0 Å². The van der Waals surface area contributed by atoms with E-state index in [0.29, 0.717) is 13.1 Å². The van der Waals surface area contributed by atoms with E-state index in [-0.39, 0.29) is 11.3 Å². The second kappa shape index (κ2) is 6.34. The predicted octanol–water partition coefficient (Wildman–Crippen LogP) is 2.59. The normalized spacial score (nSPS) is 10.8. The summed E-state index contributed by atoms with van der Waals surface area (Å²) in [6.45, 7) is 4.33. The summed E-state index contributed by atoms with van der Waals surface area (Å²) >= 11 is 0. The number of benzene rings is 1. The van der Waals surface area contributed by atoms with Crippen molar-refractivity contribution in [2.45, 2.75) is 20.0 Å². The smallest absolute Gasteiger partial charge is 0.361 e. The minimum Gasteiger partial charge on any atom is -0.361 e. The van der Waals surface area contributed by atoms with Gasteiger partial charge in [0.05, 0.1) is 11.1 Å². The highest BCUT2D eigenvalue weighted by Gasteiger charge is 2.32. The lowest BCUT2D eigenvalue weighted by atomic mass is 10.1. The van der Waals surface area contributed by atoms with Crippen LogP contribution in [0.3, 0.4) is 0 Å². The molecule has 0 N–H and O–H groups in total. The van der Waals surface area contributed by atoms with Gasteiger partial charge in [-0.2, -0.15) is 18.0 Å². The number of hydrogen-bond acceptors (Lipinski definition) is 1. The number of likely N-dealkylation sites (N-methyl/N-ethyl adjacent to an activating group) is 1. The monoisotopic (exact) mass is 285 g/mol. The van der Waals surface area contributed by atoms with Crippen LogP contribution in [-0.4, -0.2) is 34.4 Å². The average Bonchev–Trinajstić information content (AvgIpc) is 2.40. The summed E-state index contributed by atoms with van der Waals surface area (Å²) in [5.41, 5.74) is 7.97. The molecule has 0 atom stereocenters. The van der Waals surface area contributed by atoms with Gasteiger partial charge in [0.1, 0.15) is 0 Å². The first-order valence-corrected chi connectivity index (χ1v) is 6.04. The number of nitrogens with zero attached hydrogens (tertiary/aromatic N) is 3. The third kappa shape index (κ3) is 3.45. The fourth-order valence-corrected chi connectivity index (χ4v) is 1.70. The first-order valence-electron chi connectivity index (χ1n) is 6.04. The molecule has 4 nitrogen and oxygen atoms in total. The summed E-state index contributed by atoms with van der Waals surface area (Å²) in [6.07, 6.45) is -4.45. The Morgan fingerprint density at radius 3 is 2.05 bits per heavy atom.